The predicted molar refractivity (Wildman–Crippen MR) is 61.0 cm³/mol. The molecule has 3 atom stereocenters. The van der Waals surface area contributed by atoms with E-state index in [1.165, 1.54) is 6.42 Å². The average molecular weight is 218 g/mol. The van der Waals surface area contributed by atoms with Gasteiger partial charge in [-0.3, -0.25) is 4.98 Å². The quantitative estimate of drug-likeness (QED) is 0.807. The van der Waals surface area contributed by atoms with E-state index in [9.17, 15) is 4.79 Å². The molecular formula is C12H14N2O2. The molecule has 3 unspecified atom stereocenters. The Bertz CT molecular complexity index is 584. The van der Waals surface area contributed by atoms with Crippen LogP contribution in [0.15, 0.2) is 27.4 Å². The molecule has 0 saturated heterocycles. The molecule has 16 heavy (non-hydrogen) atoms. The van der Waals surface area contributed by atoms with Gasteiger partial charge in [0.05, 0.1) is 5.52 Å². The van der Waals surface area contributed by atoms with Crippen LogP contribution in [-0.2, 0) is 0 Å². The molecule has 1 fully saturated rings. The topological polar surface area (TPSA) is 72.0 Å². The van der Waals surface area contributed by atoms with Crippen molar-refractivity contribution in [2.75, 3.05) is 0 Å². The lowest BCUT2D eigenvalue weighted by atomic mass is 10.0. The first kappa shape index (κ1) is 9.66. The zero-order valence-corrected chi connectivity index (χ0v) is 9.07. The van der Waals surface area contributed by atoms with Gasteiger partial charge in [-0.05, 0) is 36.0 Å². The molecule has 0 radical (unpaired) electrons. The second kappa shape index (κ2) is 3.22. The second-order valence-corrected chi connectivity index (χ2v) is 4.67. The average Bonchev–Trinajstić information content (AvgIpc) is 2.85. The number of aromatic amines is 1. The molecule has 1 heterocycles. The van der Waals surface area contributed by atoms with E-state index < -0.39 is 5.76 Å². The number of nitrogens with two attached hydrogens (primary N) is 1. The predicted octanol–water partition coefficient (Wildman–Crippen LogP) is 1.78. The van der Waals surface area contributed by atoms with Crippen molar-refractivity contribution in [1.82, 2.24) is 4.98 Å². The summed E-state index contributed by atoms with van der Waals surface area (Å²) in [7, 11) is 0. The highest BCUT2D eigenvalue weighted by atomic mass is 16.4. The normalized spacial score (nSPS) is 25.9. The third kappa shape index (κ3) is 1.46. The molecule has 3 N–H and O–H groups in total. The first-order valence-corrected chi connectivity index (χ1v) is 5.53. The minimum atomic E-state index is -0.416. The second-order valence-electron chi connectivity index (χ2n) is 4.67. The molecule has 1 aromatic carbocycles. The lowest BCUT2D eigenvalue weighted by Crippen LogP contribution is -2.13. The van der Waals surface area contributed by atoms with Crippen LogP contribution in [0.2, 0.25) is 0 Å². The van der Waals surface area contributed by atoms with Crippen molar-refractivity contribution >= 4 is 11.1 Å². The summed E-state index contributed by atoms with van der Waals surface area (Å²) in [6.45, 7) is 2.21. The number of aromatic nitrogens is 1. The molecule has 3 rings (SSSR count). The minimum Gasteiger partial charge on any atom is -0.408 e. The Morgan fingerprint density at radius 1 is 1.56 bits per heavy atom. The van der Waals surface area contributed by atoms with Gasteiger partial charge in [-0.1, -0.05) is 13.0 Å². The smallest absolute Gasteiger partial charge is 0.408 e. The maximum Gasteiger partial charge on any atom is 0.417 e. The molecule has 0 bridgehead atoms. The van der Waals surface area contributed by atoms with Crippen LogP contribution in [0, 0.1) is 11.8 Å². The lowest BCUT2D eigenvalue weighted by Gasteiger charge is -2.10. The van der Waals surface area contributed by atoms with Crippen LogP contribution in [0.25, 0.3) is 11.1 Å². The van der Waals surface area contributed by atoms with Gasteiger partial charge in [0.25, 0.3) is 0 Å². The Hall–Kier alpha value is -1.55. The SMILES string of the molecule is CC1CC1C(N)c1ccc2[nH]c(=O)oc2c1. The third-order valence-electron chi connectivity index (χ3n) is 3.46. The monoisotopic (exact) mass is 218 g/mol. The molecule has 4 nitrogen and oxygen atoms in total. The van der Waals surface area contributed by atoms with Gasteiger partial charge in [-0.25, -0.2) is 4.79 Å². The largest absolute Gasteiger partial charge is 0.417 e. The summed E-state index contributed by atoms with van der Waals surface area (Å²) < 4.78 is 5.02. The van der Waals surface area contributed by atoms with Crippen molar-refractivity contribution in [3.63, 3.8) is 0 Å². The fourth-order valence-corrected chi connectivity index (χ4v) is 2.27. The van der Waals surface area contributed by atoms with E-state index in [2.05, 4.69) is 11.9 Å². The zero-order valence-electron chi connectivity index (χ0n) is 9.07. The Morgan fingerprint density at radius 3 is 3.00 bits per heavy atom. The number of hydrogen-bond acceptors (Lipinski definition) is 3. The van der Waals surface area contributed by atoms with Crippen LogP contribution in [0.3, 0.4) is 0 Å². The van der Waals surface area contributed by atoms with Gasteiger partial charge in [0, 0.05) is 6.04 Å². The van der Waals surface area contributed by atoms with Crippen molar-refractivity contribution in [3.05, 3.63) is 34.3 Å². The fraction of sp³-hybridized carbons (Fsp3) is 0.417. The van der Waals surface area contributed by atoms with Crippen LogP contribution in [0.1, 0.15) is 24.9 Å². The molecule has 1 aromatic heterocycles. The fourth-order valence-electron chi connectivity index (χ4n) is 2.27. The zero-order chi connectivity index (χ0) is 11.3. The van der Waals surface area contributed by atoms with Crippen molar-refractivity contribution in [3.8, 4) is 0 Å². The summed E-state index contributed by atoms with van der Waals surface area (Å²) in [6.07, 6.45) is 1.19. The molecule has 1 aliphatic carbocycles. The first-order chi connectivity index (χ1) is 7.65. The Balaban J connectivity index is 2.01. The highest BCUT2D eigenvalue weighted by molar-refractivity contribution is 5.72. The highest BCUT2D eigenvalue weighted by Crippen LogP contribution is 2.45. The third-order valence-corrected chi connectivity index (χ3v) is 3.46. The van der Waals surface area contributed by atoms with Crippen LogP contribution in [0.4, 0.5) is 0 Å². The van der Waals surface area contributed by atoms with Gasteiger partial charge in [0.15, 0.2) is 5.58 Å². The number of nitrogens with one attached hydrogen (secondary N) is 1. The minimum absolute atomic E-state index is 0.0552. The van der Waals surface area contributed by atoms with Gasteiger partial charge >= 0.3 is 5.76 Å². The summed E-state index contributed by atoms with van der Waals surface area (Å²) in [5.41, 5.74) is 8.52. The molecule has 0 amide bonds. The van der Waals surface area contributed by atoms with Gasteiger partial charge in [-0.15, -0.1) is 0 Å². The van der Waals surface area contributed by atoms with Crippen LogP contribution < -0.4 is 11.5 Å². The number of H-pyrrole nitrogens is 1. The van der Waals surface area contributed by atoms with E-state index in [1.54, 1.807) is 0 Å². The molecule has 4 heteroatoms. The molecule has 0 aliphatic heterocycles. The first-order valence-electron chi connectivity index (χ1n) is 5.53. The highest BCUT2D eigenvalue weighted by Gasteiger charge is 2.38. The van der Waals surface area contributed by atoms with Crippen LogP contribution in [0.5, 0.6) is 0 Å². The number of fused-ring (bicyclic) bond motifs is 1. The summed E-state index contributed by atoms with van der Waals surface area (Å²) in [4.78, 5) is 13.6. The Morgan fingerprint density at radius 2 is 2.31 bits per heavy atom. The lowest BCUT2D eigenvalue weighted by molar-refractivity contribution is 0.552. The van der Waals surface area contributed by atoms with Crippen LogP contribution >= 0.6 is 0 Å². The van der Waals surface area contributed by atoms with Crippen molar-refractivity contribution in [2.45, 2.75) is 19.4 Å². The Labute approximate surface area is 92.4 Å². The Kier molecular flexibility index (Phi) is 1.94. The molecule has 2 aromatic rings. The summed E-state index contributed by atoms with van der Waals surface area (Å²) in [5, 5.41) is 0. The number of rotatable bonds is 2. The number of hydrogen-bond donors (Lipinski definition) is 2. The van der Waals surface area contributed by atoms with E-state index in [1.807, 2.05) is 18.2 Å². The summed E-state index contributed by atoms with van der Waals surface area (Å²) in [6, 6.07) is 5.73. The molecule has 1 saturated carbocycles. The van der Waals surface area contributed by atoms with E-state index in [0.29, 0.717) is 17.4 Å². The number of oxazole rings is 1. The van der Waals surface area contributed by atoms with Crippen LogP contribution in [-0.4, -0.2) is 4.98 Å². The van der Waals surface area contributed by atoms with Gasteiger partial charge in [-0.2, -0.15) is 0 Å². The number of benzene rings is 1. The maximum absolute atomic E-state index is 11.0. The summed E-state index contributed by atoms with van der Waals surface area (Å²) in [5.74, 6) is 0.868. The molecule has 0 spiro atoms. The van der Waals surface area contributed by atoms with Gasteiger partial charge in [0.2, 0.25) is 0 Å². The molecule has 84 valence electrons. The van der Waals surface area contributed by atoms with E-state index in [0.717, 1.165) is 11.1 Å². The van der Waals surface area contributed by atoms with Crippen molar-refractivity contribution < 1.29 is 4.42 Å². The molecular weight excluding hydrogens is 204 g/mol. The maximum atomic E-state index is 11.0. The summed E-state index contributed by atoms with van der Waals surface area (Å²) >= 11 is 0. The van der Waals surface area contributed by atoms with E-state index >= 15 is 0 Å². The van der Waals surface area contributed by atoms with Gasteiger partial charge in [0.1, 0.15) is 0 Å². The molecule has 1 aliphatic rings. The standard InChI is InChI=1S/C12H14N2O2/c1-6-4-8(6)11(13)7-2-3-9-10(5-7)16-12(15)14-9/h2-3,5-6,8,11H,4,13H2,1H3,(H,14,15). The van der Waals surface area contributed by atoms with E-state index in [-0.39, 0.29) is 6.04 Å². The van der Waals surface area contributed by atoms with E-state index in [4.69, 9.17) is 10.2 Å². The van der Waals surface area contributed by atoms with Gasteiger partial charge < -0.3 is 10.2 Å². The van der Waals surface area contributed by atoms with Crippen molar-refractivity contribution in [1.29, 1.82) is 0 Å². The van der Waals surface area contributed by atoms with Crippen molar-refractivity contribution in [2.24, 2.45) is 17.6 Å².